The molecule has 1 aromatic heterocycles. The summed E-state index contributed by atoms with van der Waals surface area (Å²) >= 11 is 0. The average Bonchev–Trinajstić information content (AvgIpc) is 2.16. The van der Waals surface area contributed by atoms with E-state index in [1.54, 1.807) is 0 Å². The van der Waals surface area contributed by atoms with Crippen molar-refractivity contribution in [1.82, 2.24) is 4.98 Å². The largest absolute Gasteiger partial charge is 0.370 e. The van der Waals surface area contributed by atoms with Gasteiger partial charge in [-0.1, -0.05) is 26.8 Å². The molecule has 0 aromatic carbocycles. The van der Waals surface area contributed by atoms with Crippen molar-refractivity contribution < 1.29 is 0 Å². The topological polar surface area (TPSA) is 50.9 Å². The van der Waals surface area contributed by atoms with Crippen LogP contribution in [0.15, 0.2) is 18.3 Å². The molecule has 0 aliphatic rings. The summed E-state index contributed by atoms with van der Waals surface area (Å²) in [5, 5.41) is 3.26. The van der Waals surface area contributed by atoms with Crippen LogP contribution in [-0.2, 0) is 5.41 Å². The lowest BCUT2D eigenvalue weighted by Gasteiger charge is -2.18. The molecule has 1 aromatic rings. The molecule has 0 saturated carbocycles. The van der Waals surface area contributed by atoms with E-state index < -0.39 is 0 Å². The Morgan fingerprint density at radius 2 is 2.06 bits per heavy atom. The highest BCUT2D eigenvalue weighted by molar-refractivity contribution is 5.36. The first-order chi connectivity index (χ1) is 7.39. The fourth-order valence-corrected chi connectivity index (χ4v) is 1.37. The lowest BCUT2D eigenvalue weighted by Crippen LogP contribution is -2.19. The number of nitrogens with two attached hydrogens (primary N) is 1. The van der Waals surface area contributed by atoms with Crippen LogP contribution in [-0.4, -0.2) is 17.6 Å². The summed E-state index contributed by atoms with van der Waals surface area (Å²) in [4.78, 5) is 4.39. The van der Waals surface area contributed by atoms with Crippen molar-refractivity contribution in [1.29, 1.82) is 0 Å². The van der Waals surface area contributed by atoms with E-state index in [2.05, 4.69) is 37.1 Å². The summed E-state index contributed by atoms with van der Waals surface area (Å²) < 4.78 is 0. The Morgan fingerprint density at radius 1 is 1.38 bits per heavy atom. The van der Waals surface area contributed by atoms with Crippen molar-refractivity contribution in [3.05, 3.63) is 23.9 Å². The fraction of sp³-hybridized carbons (Fsp3) is 0.615. The molecule has 16 heavy (non-hydrogen) atoms. The third kappa shape index (κ3) is 4.19. The van der Waals surface area contributed by atoms with Gasteiger partial charge in [0.05, 0.1) is 0 Å². The van der Waals surface area contributed by atoms with E-state index >= 15 is 0 Å². The third-order valence-corrected chi connectivity index (χ3v) is 2.54. The van der Waals surface area contributed by atoms with Gasteiger partial charge in [0, 0.05) is 18.8 Å². The molecule has 3 nitrogen and oxygen atoms in total. The highest BCUT2D eigenvalue weighted by atomic mass is 15.0. The van der Waals surface area contributed by atoms with Gasteiger partial charge in [0.15, 0.2) is 0 Å². The number of hydrogen-bond donors (Lipinski definition) is 2. The molecule has 0 saturated heterocycles. The van der Waals surface area contributed by atoms with Crippen molar-refractivity contribution >= 4 is 5.82 Å². The maximum Gasteiger partial charge on any atom is 0.125 e. The Labute approximate surface area is 98.5 Å². The molecule has 1 heterocycles. The van der Waals surface area contributed by atoms with E-state index in [-0.39, 0.29) is 11.5 Å². The van der Waals surface area contributed by atoms with Gasteiger partial charge in [-0.05, 0) is 30.4 Å². The van der Waals surface area contributed by atoms with Crippen LogP contribution in [0.25, 0.3) is 0 Å². The van der Waals surface area contributed by atoms with E-state index in [0.717, 1.165) is 18.8 Å². The summed E-state index contributed by atoms with van der Waals surface area (Å²) in [6.07, 6.45) is 2.90. The lowest BCUT2D eigenvalue weighted by molar-refractivity contribution is 0.587. The number of anilines is 1. The number of nitrogens with one attached hydrogen (secondary N) is 1. The number of hydrogen-bond acceptors (Lipinski definition) is 3. The molecule has 1 rings (SSSR count). The summed E-state index contributed by atoms with van der Waals surface area (Å²) in [5.74, 6) is 0.925. The van der Waals surface area contributed by atoms with Crippen LogP contribution in [0.1, 0.15) is 39.7 Å². The molecular weight excluding hydrogens is 198 g/mol. The van der Waals surface area contributed by atoms with Gasteiger partial charge in [-0.25, -0.2) is 4.98 Å². The first kappa shape index (κ1) is 13.0. The highest BCUT2D eigenvalue weighted by Crippen LogP contribution is 2.21. The minimum Gasteiger partial charge on any atom is -0.370 e. The van der Waals surface area contributed by atoms with Gasteiger partial charge >= 0.3 is 0 Å². The highest BCUT2D eigenvalue weighted by Gasteiger charge is 2.13. The zero-order chi connectivity index (χ0) is 12.2. The van der Waals surface area contributed by atoms with Gasteiger partial charge < -0.3 is 11.1 Å². The zero-order valence-corrected chi connectivity index (χ0v) is 10.7. The first-order valence-electron chi connectivity index (χ1n) is 5.85. The van der Waals surface area contributed by atoms with E-state index in [0.29, 0.717) is 0 Å². The van der Waals surface area contributed by atoms with E-state index in [1.165, 1.54) is 5.56 Å². The SMILES string of the molecule is CC(N)CCNc1ccc(C(C)(C)C)cn1. The Kier molecular flexibility index (Phi) is 4.30. The summed E-state index contributed by atoms with van der Waals surface area (Å²) in [5.41, 5.74) is 7.10. The van der Waals surface area contributed by atoms with Gasteiger partial charge in [0.25, 0.3) is 0 Å². The fourth-order valence-electron chi connectivity index (χ4n) is 1.37. The minimum absolute atomic E-state index is 0.164. The molecule has 0 aliphatic heterocycles. The number of nitrogens with zero attached hydrogens (tertiary/aromatic N) is 1. The Morgan fingerprint density at radius 3 is 2.50 bits per heavy atom. The van der Waals surface area contributed by atoms with Crippen LogP contribution in [0, 0.1) is 0 Å². The van der Waals surface area contributed by atoms with Gasteiger partial charge in [-0.15, -0.1) is 0 Å². The first-order valence-corrected chi connectivity index (χ1v) is 5.85. The van der Waals surface area contributed by atoms with E-state index in [4.69, 9.17) is 5.73 Å². The van der Waals surface area contributed by atoms with Crippen molar-refractivity contribution in [3.63, 3.8) is 0 Å². The second-order valence-corrected chi connectivity index (χ2v) is 5.37. The van der Waals surface area contributed by atoms with Crippen LogP contribution in [0.5, 0.6) is 0 Å². The molecule has 0 fully saturated rings. The van der Waals surface area contributed by atoms with Gasteiger partial charge in [0.1, 0.15) is 5.82 Å². The summed E-state index contributed by atoms with van der Waals surface area (Å²) in [6, 6.07) is 4.39. The van der Waals surface area contributed by atoms with Crippen LogP contribution in [0.3, 0.4) is 0 Å². The van der Waals surface area contributed by atoms with Crippen LogP contribution >= 0.6 is 0 Å². The predicted octanol–water partition coefficient (Wildman–Crippen LogP) is 2.53. The Balaban J connectivity index is 2.52. The smallest absolute Gasteiger partial charge is 0.125 e. The number of aromatic nitrogens is 1. The van der Waals surface area contributed by atoms with Crippen LogP contribution < -0.4 is 11.1 Å². The second kappa shape index (κ2) is 5.30. The molecule has 1 unspecified atom stereocenters. The maximum atomic E-state index is 5.68. The lowest BCUT2D eigenvalue weighted by atomic mass is 9.88. The second-order valence-electron chi connectivity index (χ2n) is 5.37. The number of pyridine rings is 1. The van der Waals surface area contributed by atoms with E-state index in [1.807, 2.05) is 19.2 Å². The molecule has 3 heteroatoms. The van der Waals surface area contributed by atoms with Crippen LogP contribution in [0.2, 0.25) is 0 Å². The summed E-state index contributed by atoms with van der Waals surface area (Å²) in [6.45, 7) is 9.45. The molecule has 0 amide bonds. The molecule has 3 N–H and O–H groups in total. The maximum absolute atomic E-state index is 5.68. The molecule has 1 atom stereocenters. The van der Waals surface area contributed by atoms with Crippen molar-refractivity contribution in [2.24, 2.45) is 5.73 Å². The minimum atomic E-state index is 0.164. The molecule has 90 valence electrons. The predicted molar refractivity (Wildman–Crippen MR) is 69.7 cm³/mol. The van der Waals surface area contributed by atoms with Gasteiger partial charge in [0.2, 0.25) is 0 Å². The van der Waals surface area contributed by atoms with Crippen molar-refractivity contribution in [2.45, 2.75) is 45.6 Å². The zero-order valence-electron chi connectivity index (χ0n) is 10.7. The van der Waals surface area contributed by atoms with Crippen molar-refractivity contribution in [2.75, 3.05) is 11.9 Å². The monoisotopic (exact) mass is 221 g/mol. The van der Waals surface area contributed by atoms with Crippen LogP contribution in [0.4, 0.5) is 5.82 Å². The molecule has 0 aliphatic carbocycles. The van der Waals surface area contributed by atoms with Gasteiger partial charge in [-0.2, -0.15) is 0 Å². The third-order valence-electron chi connectivity index (χ3n) is 2.54. The summed E-state index contributed by atoms with van der Waals surface area (Å²) in [7, 11) is 0. The Bertz CT molecular complexity index is 309. The molecule has 0 radical (unpaired) electrons. The average molecular weight is 221 g/mol. The standard InChI is InChI=1S/C13H23N3/c1-10(14)7-8-15-12-6-5-11(9-16-12)13(2,3)4/h5-6,9-10H,7-8,14H2,1-4H3,(H,15,16). The molecular formula is C13H23N3. The molecule has 0 bridgehead atoms. The number of rotatable bonds is 4. The quantitative estimate of drug-likeness (QED) is 0.821. The van der Waals surface area contributed by atoms with Gasteiger partial charge in [-0.3, -0.25) is 0 Å². The van der Waals surface area contributed by atoms with Crippen molar-refractivity contribution in [3.8, 4) is 0 Å². The molecule has 0 spiro atoms. The normalized spacial score (nSPS) is 13.6. The van der Waals surface area contributed by atoms with E-state index in [9.17, 15) is 0 Å². The Hall–Kier alpha value is -1.09.